The third-order valence-corrected chi connectivity index (χ3v) is 5.15. The van der Waals surface area contributed by atoms with E-state index in [1.807, 2.05) is 23.2 Å². The lowest BCUT2D eigenvalue weighted by Gasteiger charge is -2.35. The second kappa shape index (κ2) is 6.29. The maximum absolute atomic E-state index is 12.9. The Balaban J connectivity index is 1.36. The van der Waals surface area contributed by atoms with Crippen molar-refractivity contribution in [1.29, 1.82) is 0 Å². The Labute approximate surface area is 138 Å². The standard InChI is InChI=1S/C18H27N3O2/c1-19(11-14-4-5-14)12-16-13-20(9-10-23-16)18(22)17-3-2-8-21(17)15-6-7-15/h2-3,8,14-16H,4-7,9-13H2,1H3/t16-/m1/s1. The molecular weight excluding hydrogens is 290 g/mol. The minimum Gasteiger partial charge on any atom is -0.373 e. The highest BCUT2D eigenvalue weighted by Gasteiger charge is 2.31. The van der Waals surface area contributed by atoms with Gasteiger partial charge >= 0.3 is 0 Å². The summed E-state index contributed by atoms with van der Waals surface area (Å²) in [6.07, 6.45) is 7.34. The molecule has 0 bridgehead atoms. The van der Waals surface area contributed by atoms with E-state index in [9.17, 15) is 4.79 Å². The molecule has 1 saturated heterocycles. The van der Waals surface area contributed by atoms with E-state index in [-0.39, 0.29) is 12.0 Å². The number of rotatable bonds is 6. The zero-order chi connectivity index (χ0) is 15.8. The first-order valence-electron chi connectivity index (χ1n) is 8.97. The van der Waals surface area contributed by atoms with Gasteiger partial charge in [-0.05, 0) is 50.8 Å². The third kappa shape index (κ3) is 3.61. The largest absolute Gasteiger partial charge is 0.373 e. The molecule has 23 heavy (non-hydrogen) atoms. The number of ether oxygens (including phenoxy) is 1. The summed E-state index contributed by atoms with van der Waals surface area (Å²) in [5.74, 6) is 1.06. The number of morpholine rings is 1. The molecule has 1 aromatic rings. The van der Waals surface area contributed by atoms with Crippen LogP contribution in [-0.2, 0) is 4.74 Å². The topological polar surface area (TPSA) is 37.7 Å². The first kappa shape index (κ1) is 15.2. The summed E-state index contributed by atoms with van der Waals surface area (Å²) in [5, 5.41) is 0. The van der Waals surface area contributed by atoms with Crippen LogP contribution in [0, 0.1) is 5.92 Å². The number of aromatic nitrogens is 1. The number of amides is 1. The molecule has 1 amide bonds. The molecule has 2 heterocycles. The van der Waals surface area contributed by atoms with Crippen molar-refractivity contribution in [2.24, 2.45) is 5.92 Å². The molecule has 0 aromatic carbocycles. The van der Waals surface area contributed by atoms with E-state index in [1.165, 1.54) is 32.2 Å². The molecule has 2 aliphatic carbocycles. The predicted octanol–water partition coefficient (Wildman–Crippen LogP) is 2.01. The summed E-state index contributed by atoms with van der Waals surface area (Å²) in [4.78, 5) is 17.2. The van der Waals surface area contributed by atoms with Crippen LogP contribution in [-0.4, -0.2) is 66.2 Å². The van der Waals surface area contributed by atoms with Crippen LogP contribution in [0.3, 0.4) is 0 Å². The molecule has 5 nitrogen and oxygen atoms in total. The molecule has 3 fully saturated rings. The number of carbonyl (C=O) groups excluding carboxylic acids is 1. The van der Waals surface area contributed by atoms with Gasteiger partial charge in [0.15, 0.2) is 0 Å². The number of carbonyl (C=O) groups is 1. The van der Waals surface area contributed by atoms with Crippen LogP contribution in [0.2, 0.25) is 0 Å². The van der Waals surface area contributed by atoms with E-state index in [1.54, 1.807) is 0 Å². The van der Waals surface area contributed by atoms with E-state index < -0.39 is 0 Å². The van der Waals surface area contributed by atoms with E-state index in [4.69, 9.17) is 4.74 Å². The average molecular weight is 317 g/mol. The van der Waals surface area contributed by atoms with Crippen LogP contribution in [0.5, 0.6) is 0 Å². The summed E-state index contributed by atoms with van der Waals surface area (Å²) in [6.45, 7) is 4.15. The van der Waals surface area contributed by atoms with Crippen LogP contribution >= 0.6 is 0 Å². The number of nitrogens with zero attached hydrogens (tertiary/aromatic N) is 3. The summed E-state index contributed by atoms with van der Waals surface area (Å²) in [7, 11) is 2.17. The molecular formula is C18H27N3O2. The SMILES string of the molecule is CN(CC1CC1)C[C@@H]1CN(C(=O)c2cccn2C2CC2)CCO1. The van der Waals surface area contributed by atoms with Gasteiger partial charge < -0.3 is 19.1 Å². The average Bonchev–Trinajstić information content (AvgIpc) is 3.48. The van der Waals surface area contributed by atoms with Crippen LogP contribution in [0.4, 0.5) is 0 Å². The van der Waals surface area contributed by atoms with Gasteiger partial charge in [-0.15, -0.1) is 0 Å². The zero-order valence-corrected chi connectivity index (χ0v) is 14.0. The molecule has 1 aromatic heterocycles. The monoisotopic (exact) mass is 317 g/mol. The number of hydrogen-bond acceptors (Lipinski definition) is 3. The Morgan fingerprint density at radius 2 is 2.13 bits per heavy atom. The van der Waals surface area contributed by atoms with Crippen LogP contribution in [0.1, 0.15) is 42.2 Å². The smallest absolute Gasteiger partial charge is 0.270 e. The Hall–Kier alpha value is -1.33. The van der Waals surface area contributed by atoms with Gasteiger partial charge in [0.2, 0.25) is 0 Å². The van der Waals surface area contributed by atoms with Crippen LogP contribution in [0.15, 0.2) is 18.3 Å². The van der Waals surface area contributed by atoms with Crippen molar-refractivity contribution in [3.05, 3.63) is 24.0 Å². The van der Waals surface area contributed by atoms with Gasteiger partial charge in [0.25, 0.3) is 5.91 Å². The molecule has 1 atom stereocenters. The Morgan fingerprint density at radius 1 is 1.30 bits per heavy atom. The molecule has 2 saturated carbocycles. The van der Waals surface area contributed by atoms with E-state index in [2.05, 4.69) is 16.5 Å². The minimum absolute atomic E-state index is 0.140. The van der Waals surface area contributed by atoms with Gasteiger partial charge in [-0.25, -0.2) is 0 Å². The highest BCUT2D eigenvalue weighted by Crippen LogP contribution is 2.36. The highest BCUT2D eigenvalue weighted by atomic mass is 16.5. The summed E-state index contributed by atoms with van der Waals surface area (Å²) in [6, 6.07) is 4.50. The molecule has 0 N–H and O–H groups in total. The van der Waals surface area contributed by atoms with E-state index in [0.29, 0.717) is 25.7 Å². The van der Waals surface area contributed by atoms with Crippen molar-refractivity contribution in [1.82, 2.24) is 14.4 Å². The fourth-order valence-electron chi connectivity index (χ4n) is 3.59. The molecule has 3 aliphatic rings. The quantitative estimate of drug-likeness (QED) is 0.805. The Kier molecular flexibility index (Phi) is 4.16. The van der Waals surface area contributed by atoms with Gasteiger partial charge in [0.1, 0.15) is 5.69 Å². The fraction of sp³-hybridized carbons (Fsp3) is 0.722. The summed E-state index contributed by atoms with van der Waals surface area (Å²) >= 11 is 0. The molecule has 0 unspecified atom stereocenters. The van der Waals surface area contributed by atoms with Gasteiger partial charge in [0, 0.05) is 38.4 Å². The molecule has 1 aliphatic heterocycles. The van der Waals surface area contributed by atoms with Gasteiger partial charge in [-0.2, -0.15) is 0 Å². The minimum atomic E-state index is 0.140. The molecule has 0 radical (unpaired) electrons. The Morgan fingerprint density at radius 3 is 2.87 bits per heavy atom. The van der Waals surface area contributed by atoms with Gasteiger partial charge in [-0.1, -0.05) is 0 Å². The third-order valence-electron chi connectivity index (χ3n) is 5.15. The number of likely N-dealkylation sites (N-methyl/N-ethyl adjacent to an activating group) is 1. The lowest BCUT2D eigenvalue weighted by atomic mass is 10.2. The van der Waals surface area contributed by atoms with Crippen molar-refractivity contribution in [3.63, 3.8) is 0 Å². The first-order valence-corrected chi connectivity index (χ1v) is 8.97. The number of hydrogen-bond donors (Lipinski definition) is 0. The predicted molar refractivity (Wildman–Crippen MR) is 88.6 cm³/mol. The zero-order valence-electron chi connectivity index (χ0n) is 14.0. The van der Waals surface area contributed by atoms with Crippen molar-refractivity contribution < 1.29 is 9.53 Å². The van der Waals surface area contributed by atoms with E-state index >= 15 is 0 Å². The van der Waals surface area contributed by atoms with Gasteiger partial charge in [0.05, 0.1) is 12.7 Å². The summed E-state index contributed by atoms with van der Waals surface area (Å²) in [5.41, 5.74) is 0.847. The van der Waals surface area contributed by atoms with Crippen LogP contribution in [0.25, 0.3) is 0 Å². The maximum Gasteiger partial charge on any atom is 0.270 e. The van der Waals surface area contributed by atoms with E-state index in [0.717, 1.165) is 18.2 Å². The van der Waals surface area contributed by atoms with Crippen molar-refractivity contribution >= 4 is 5.91 Å². The Bertz CT molecular complexity index is 562. The molecule has 4 rings (SSSR count). The molecule has 5 heteroatoms. The van der Waals surface area contributed by atoms with Crippen LogP contribution < -0.4 is 0 Å². The van der Waals surface area contributed by atoms with Crippen molar-refractivity contribution in [3.8, 4) is 0 Å². The normalized spacial score (nSPS) is 25.1. The molecule has 126 valence electrons. The first-order chi connectivity index (χ1) is 11.2. The van der Waals surface area contributed by atoms with Gasteiger partial charge in [-0.3, -0.25) is 4.79 Å². The molecule has 0 spiro atoms. The second-order valence-corrected chi connectivity index (χ2v) is 7.44. The highest BCUT2D eigenvalue weighted by molar-refractivity contribution is 5.93. The van der Waals surface area contributed by atoms with Crippen molar-refractivity contribution in [2.45, 2.75) is 37.8 Å². The fourth-order valence-corrected chi connectivity index (χ4v) is 3.59. The summed E-state index contributed by atoms with van der Waals surface area (Å²) < 4.78 is 8.05. The lowest BCUT2D eigenvalue weighted by molar-refractivity contribution is -0.0336. The maximum atomic E-state index is 12.9. The second-order valence-electron chi connectivity index (χ2n) is 7.44. The van der Waals surface area contributed by atoms with Crippen molar-refractivity contribution in [2.75, 3.05) is 39.8 Å². The lowest BCUT2D eigenvalue weighted by Crippen LogP contribution is -2.49.